The van der Waals surface area contributed by atoms with Crippen LogP contribution in [0, 0.1) is 20.8 Å². The molecule has 0 unspecified atom stereocenters. The lowest BCUT2D eigenvalue weighted by Crippen LogP contribution is -2.27. The molecule has 1 aromatic heterocycles. The van der Waals surface area contributed by atoms with Gasteiger partial charge in [-0.3, -0.25) is 0 Å². The van der Waals surface area contributed by atoms with Gasteiger partial charge in [0.25, 0.3) is 0 Å². The van der Waals surface area contributed by atoms with Crippen LogP contribution in [0.5, 0.6) is 0 Å². The van der Waals surface area contributed by atoms with E-state index in [0.29, 0.717) is 0 Å². The third-order valence-corrected chi connectivity index (χ3v) is 5.11. The zero-order valence-corrected chi connectivity index (χ0v) is 16.9. The first-order chi connectivity index (χ1) is 12.5. The Hall–Kier alpha value is -2.10. The van der Waals surface area contributed by atoms with E-state index < -0.39 is 0 Å². The van der Waals surface area contributed by atoms with E-state index in [0.717, 1.165) is 56.2 Å². The first-order valence-electron chi connectivity index (χ1n) is 10.0. The van der Waals surface area contributed by atoms with E-state index in [1.807, 2.05) is 0 Å². The standard InChI is InChI=1S/C22H32N4/c1-6-11-26(12-7-2)21-18-9-8-10-19(18)23-22(25-21)24-20-16(4)13-15(3)14-17(20)5/h13-14H,6-12H2,1-5H3,(H,23,24,25). The third-order valence-electron chi connectivity index (χ3n) is 5.11. The number of fused-ring (bicyclic) bond motifs is 1. The second-order valence-corrected chi connectivity index (χ2v) is 7.54. The van der Waals surface area contributed by atoms with Gasteiger partial charge in [-0.15, -0.1) is 0 Å². The van der Waals surface area contributed by atoms with Gasteiger partial charge in [0.1, 0.15) is 5.82 Å². The highest BCUT2D eigenvalue weighted by molar-refractivity contribution is 5.65. The van der Waals surface area contributed by atoms with Crippen LogP contribution in [0.3, 0.4) is 0 Å². The van der Waals surface area contributed by atoms with E-state index in [4.69, 9.17) is 9.97 Å². The van der Waals surface area contributed by atoms with Gasteiger partial charge in [0, 0.05) is 24.3 Å². The van der Waals surface area contributed by atoms with Crippen molar-refractivity contribution in [1.29, 1.82) is 0 Å². The molecule has 0 radical (unpaired) electrons. The Morgan fingerprint density at radius 3 is 2.23 bits per heavy atom. The molecule has 0 atom stereocenters. The van der Waals surface area contributed by atoms with Gasteiger partial charge in [-0.2, -0.15) is 4.98 Å². The Morgan fingerprint density at radius 2 is 1.62 bits per heavy atom. The Labute approximate surface area is 158 Å². The smallest absolute Gasteiger partial charge is 0.229 e. The van der Waals surface area contributed by atoms with Crippen molar-refractivity contribution in [2.75, 3.05) is 23.3 Å². The SMILES string of the molecule is CCCN(CCC)c1nc(Nc2c(C)cc(C)cc2C)nc2c1CCC2. The van der Waals surface area contributed by atoms with Crippen molar-refractivity contribution < 1.29 is 0 Å². The molecule has 0 amide bonds. The summed E-state index contributed by atoms with van der Waals surface area (Å²) in [7, 11) is 0. The molecule has 26 heavy (non-hydrogen) atoms. The monoisotopic (exact) mass is 352 g/mol. The fourth-order valence-electron chi connectivity index (χ4n) is 4.08. The van der Waals surface area contributed by atoms with Crippen LogP contribution in [0.1, 0.15) is 61.1 Å². The summed E-state index contributed by atoms with van der Waals surface area (Å²) >= 11 is 0. The highest BCUT2D eigenvalue weighted by Gasteiger charge is 2.23. The zero-order valence-electron chi connectivity index (χ0n) is 16.9. The highest BCUT2D eigenvalue weighted by atomic mass is 15.2. The minimum atomic E-state index is 0.743. The minimum absolute atomic E-state index is 0.743. The van der Waals surface area contributed by atoms with Crippen LogP contribution in [0.25, 0.3) is 0 Å². The number of rotatable bonds is 7. The predicted octanol–water partition coefficient (Wildman–Crippen LogP) is 5.26. The molecular weight excluding hydrogens is 320 g/mol. The van der Waals surface area contributed by atoms with E-state index in [1.165, 1.54) is 34.4 Å². The molecule has 1 heterocycles. The molecule has 1 aliphatic rings. The first-order valence-corrected chi connectivity index (χ1v) is 10.0. The van der Waals surface area contributed by atoms with Crippen LogP contribution in [0.4, 0.5) is 17.5 Å². The number of hydrogen-bond donors (Lipinski definition) is 1. The van der Waals surface area contributed by atoms with Gasteiger partial charge in [-0.1, -0.05) is 31.5 Å². The lowest BCUT2D eigenvalue weighted by molar-refractivity contribution is 0.728. The van der Waals surface area contributed by atoms with E-state index in [1.54, 1.807) is 0 Å². The lowest BCUT2D eigenvalue weighted by atomic mass is 10.1. The Morgan fingerprint density at radius 1 is 0.962 bits per heavy atom. The molecule has 0 saturated carbocycles. The van der Waals surface area contributed by atoms with Gasteiger partial charge in [-0.05, 0) is 64.0 Å². The molecule has 0 aliphatic heterocycles. The first kappa shape index (κ1) is 18.7. The van der Waals surface area contributed by atoms with Crippen LogP contribution in [0.2, 0.25) is 0 Å². The Balaban J connectivity index is 2.00. The predicted molar refractivity (Wildman–Crippen MR) is 111 cm³/mol. The summed E-state index contributed by atoms with van der Waals surface area (Å²) in [6.45, 7) is 13.0. The molecule has 0 spiro atoms. The number of nitrogens with one attached hydrogen (secondary N) is 1. The number of anilines is 3. The molecule has 1 aromatic carbocycles. The van der Waals surface area contributed by atoms with Gasteiger partial charge in [0.2, 0.25) is 5.95 Å². The topological polar surface area (TPSA) is 41.1 Å². The van der Waals surface area contributed by atoms with Crippen molar-refractivity contribution in [2.24, 2.45) is 0 Å². The third kappa shape index (κ3) is 3.84. The molecular formula is C22H32N4. The van der Waals surface area contributed by atoms with E-state index >= 15 is 0 Å². The highest BCUT2D eigenvalue weighted by Crippen LogP contribution is 2.32. The number of aryl methyl sites for hydroxylation is 4. The van der Waals surface area contributed by atoms with Crippen LogP contribution in [-0.4, -0.2) is 23.1 Å². The summed E-state index contributed by atoms with van der Waals surface area (Å²) in [6.07, 6.45) is 5.64. The fraction of sp³-hybridized carbons (Fsp3) is 0.545. The Bertz CT molecular complexity index is 753. The lowest BCUT2D eigenvalue weighted by Gasteiger charge is -2.25. The van der Waals surface area contributed by atoms with Gasteiger partial charge in [-0.25, -0.2) is 4.98 Å². The van der Waals surface area contributed by atoms with Gasteiger partial charge in [0.15, 0.2) is 0 Å². The van der Waals surface area contributed by atoms with Crippen molar-refractivity contribution in [2.45, 2.75) is 66.7 Å². The van der Waals surface area contributed by atoms with Crippen LogP contribution in [0.15, 0.2) is 12.1 Å². The van der Waals surface area contributed by atoms with E-state index in [-0.39, 0.29) is 0 Å². The number of nitrogens with zero attached hydrogens (tertiary/aromatic N) is 3. The maximum atomic E-state index is 4.99. The minimum Gasteiger partial charge on any atom is -0.356 e. The molecule has 0 saturated heterocycles. The van der Waals surface area contributed by atoms with E-state index in [2.05, 4.69) is 57.0 Å². The molecule has 0 fully saturated rings. The Kier molecular flexibility index (Phi) is 5.80. The van der Waals surface area contributed by atoms with Crippen LogP contribution >= 0.6 is 0 Å². The summed E-state index contributed by atoms with van der Waals surface area (Å²) in [4.78, 5) is 12.3. The summed E-state index contributed by atoms with van der Waals surface area (Å²) in [5, 5.41) is 3.53. The number of benzene rings is 1. The molecule has 3 rings (SSSR count). The van der Waals surface area contributed by atoms with Crippen molar-refractivity contribution in [3.05, 3.63) is 40.1 Å². The summed E-state index contributed by atoms with van der Waals surface area (Å²) in [5.41, 5.74) is 7.52. The summed E-state index contributed by atoms with van der Waals surface area (Å²) in [6, 6.07) is 4.42. The largest absolute Gasteiger partial charge is 0.356 e. The number of hydrogen-bond acceptors (Lipinski definition) is 4. The van der Waals surface area contributed by atoms with Crippen LogP contribution < -0.4 is 10.2 Å². The van der Waals surface area contributed by atoms with Crippen molar-refractivity contribution in [3.63, 3.8) is 0 Å². The van der Waals surface area contributed by atoms with E-state index in [9.17, 15) is 0 Å². The van der Waals surface area contributed by atoms with Crippen molar-refractivity contribution >= 4 is 17.5 Å². The van der Waals surface area contributed by atoms with Crippen LogP contribution in [-0.2, 0) is 12.8 Å². The van der Waals surface area contributed by atoms with Crippen molar-refractivity contribution in [3.8, 4) is 0 Å². The van der Waals surface area contributed by atoms with Gasteiger partial charge in [0.05, 0.1) is 5.69 Å². The molecule has 2 aromatic rings. The normalized spacial score (nSPS) is 13.0. The second kappa shape index (κ2) is 8.07. The summed E-state index contributed by atoms with van der Waals surface area (Å²) < 4.78 is 0. The molecule has 1 N–H and O–H groups in total. The molecule has 4 nitrogen and oxygen atoms in total. The summed E-state index contributed by atoms with van der Waals surface area (Å²) in [5.74, 6) is 1.90. The second-order valence-electron chi connectivity index (χ2n) is 7.54. The number of aromatic nitrogens is 2. The average molecular weight is 353 g/mol. The molecule has 4 heteroatoms. The average Bonchev–Trinajstić information content (AvgIpc) is 3.05. The zero-order chi connectivity index (χ0) is 18.7. The maximum Gasteiger partial charge on any atom is 0.229 e. The quantitative estimate of drug-likeness (QED) is 0.738. The molecule has 140 valence electrons. The van der Waals surface area contributed by atoms with Gasteiger partial charge >= 0.3 is 0 Å². The molecule has 1 aliphatic carbocycles. The van der Waals surface area contributed by atoms with Crippen molar-refractivity contribution in [1.82, 2.24) is 9.97 Å². The van der Waals surface area contributed by atoms with Gasteiger partial charge < -0.3 is 10.2 Å². The molecule has 0 bridgehead atoms. The maximum absolute atomic E-state index is 4.99. The fourth-order valence-corrected chi connectivity index (χ4v) is 4.08.